The van der Waals surface area contributed by atoms with Crippen molar-refractivity contribution in [2.45, 2.75) is 46.1 Å². The number of carbonyl (C=O) groups excluding carboxylic acids is 1. The van der Waals surface area contributed by atoms with Gasteiger partial charge in [0, 0.05) is 6.54 Å². The summed E-state index contributed by atoms with van der Waals surface area (Å²) in [7, 11) is 3.20. The Labute approximate surface area is 222 Å². The lowest BCUT2D eigenvalue weighted by Crippen LogP contribution is -2.31. The van der Waals surface area contributed by atoms with Gasteiger partial charge in [-0.05, 0) is 72.2 Å². The largest absolute Gasteiger partial charge is 0.493 e. The van der Waals surface area contributed by atoms with Crippen molar-refractivity contribution in [2.24, 2.45) is 0 Å². The van der Waals surface area contributed by atoms with Crippen molar-refractivity contribution in [1.82, 2.24) is 4.90 Å². The molecule has 0 saturated heterocycles. The number of ether oxygens (including phenoxy) is 2. The fraction of sp³-hybridized carbons (Fsp3) is 0.312. The van der Waals surface area contributed by atoms with E-state index >= 15 is 0 Å². The van der Waals surface area contributed by atoms with Gasteiger partial charge in [-0.25, -0.2) is 0 Å². The second kappa shape index (κ2) is 10.0. The maximum Gasteiger partial charge on any atom is 0.290 e. The first-order valence-electron chi connectivity index (χ1n) is 12.9. The van der Waals surface area contributed by atoms with Crippen LogP contribution in [-0.2, 0) is 6.42 Å². The molecule has 0 aliphatic carbocycles. The Balaban J connectivity index is 1.61. The maximum atomic E-state index is 14.0. The number of methoxy groups -OCH3 is 2. The third-order valence-corrected chi connectivity index (χ3v) is 7.42. The molecule has 0 N–H and O–H groups in total. The molecule has 0 radical (unpaired) electrons. The zero-order chi connectivity index (χ0) is 27.1. The van der Waals surface area contributed by atoms with Crippen LogP contribution in [0.2, 0.25) is 0 Å². The monoisotopic (exact) mass is 511 g/mol. The topological polar surface area (TPSA) is 69.0 Å². The molecule has 3 aromatic carbocycles. The van der Waals surface area contributed by atoms with Gasteiger partial charge in [0.25, 0.3) is 5.91 Å². The maximum absolute atomic E-state index is 14.0. The van der Waals surface area contributed by atoms with Gasteiger partial charge in [-0.1, -0.05) is 50.2 Å². The molecule has 0 bridgehead atoms. The summed E-state index contributed by atoms with van der Waals surface area (Å²) < 4.78 is 17.0. The molecular weight excluding hydrogens is 478 g/mol. The number of carbonyl (C=O) groups is 1. The molecule has 1 aliphatic rings. The van der Waals surface area contributed by atoms with Crippen LogP contribution in [0.15, 0.2) is 63.8 Å². The average molecular weight is 512 g/mol. The number of nitrogens with zero attached hydrogens (tertiary/aromatic N) is 1. The number of fused-ring (bicyclic) bond motifs is 2. The standard InChI is InChI=1S/C32H33NO5/c1-18(2)22-8-10-23(11-9-22)29-28-30(34)27-20(4)15-19(3)16-26(27)38-31(28)32(35)33(29)14-13-21-7-12-24(36-5)25(17-21)37-6/h7-12,15-18,29H,13-14H2,1-6H3. The molecule has 1 amide bonds. The molecule has 6 heteroatoms. The number of benzene rings is 3. The molecule has 6 nitrogen and oxygen atoms in total. The second-order valence-electron chi connectivity index (χ2n) is 10.3. The van der Waals surface area contributed by atoms with Gasteiger partial charge in [0.1, 0.15) is 5.58 Å². The Morgan fingerprint density at radius 1 is 0.921 bits per heavy atom. The molecule has 196 valence electrons. The van der Waals surface area contributed by atoms with Crippen LogP contribution in [0.3, 0.4) is 0 Å². The van der Waals surface area contributed by atoms with Gasteiger partial charge in [0.15, 0.2) is 16.9 Å². The molecule has 0 fully saturated rings. The Kier molecular flexibility index (Phi) is 6.74. The van der Waals surface area contributed by atoms with Crippen molar-refractivity contribution in [3.8, 4) is 11.5 Å². The number of hydrogen-bond acceptors (Lipinski definition) is 5. The molecular formula is C32H33NO5. The Morgan fingerprint density at radius 3 is 2.29 bits per heavy atom. The third kappa shape index (κ3) is 4.34. The van der Waals surface area contributed by atoms with E-state index in [9.17, 15) is 9.59 Å². The Morgan fingerprint density at radius 2 is 1.63 bits per heavy atom. The first-order valence-corrected chi connectivity index (χ1v) is 12.9. The zero-order valence-electron chi connectivity index (χ0n) is 22.8. The van der Waals surface area contributed by atoms with Crippen molar-refractivity contribution in [3.05, 3.63) is 104 Å². The lowest BCUT2D eigenvalue weighted by molar-refractivity contribution is 0.0730. The first-order chi connectivity index (χ1) is 18.2. The summed E-state index contributed by atoms with van der Waals surface area (Å²) in [6.07, 6.45) is 0.576. The van der Waals surface area contributed by atoms with Gasteiger partial charge >= 0.3 is 0 Å². The van der Waals surface area contributed by atoms with E-state index in [-0.39, 0.29) is 17.1 Å². The summed E-state index contributed by atoms with van der Waals surface area (Å²) in [4.78, 5) is 29.5. The number of amides is 1. The van der Waals surface area contributed by atoms with Gasteiger partial charge in [-0.3, -0.25) is 9.59 Å². The predicted molar refractivity (Wildman–Crippen MR) is 149 cm³/mol. The minimum Gasteiger partial charge on any atom is -0.493 e. The summed E-state index contributed by atoms with van der Waals surface area (Å²) >= 11 is 0. The van der Waals surface area contributed by atoms with E-state index in [1.807, 2.05) is 56.3 Å². The summed E-state index contributed by atoms with van der Waals surface area (Å²) in [5.41, 5.74) is 5.65. The molecule has 1 aliphatic heterocycles. The third-order valence-electron chi connectivity index (χ3n) is 7.42. The number of rotatable bonds is 7. The fourth-order valence-electron chi connectivity index (χ4n) is 5.44. The molecule has 5 rings (SSSR count). The zero-order valence-corrected chi connectivity index (χ0v) is 22.8. The van der Waals surface area contributed by atoms with Gasteiger partial charge < -0.3 is 18.8 Å². The summed E-state index contributed by atoms with van der Waals surface area (Å²) in [5, 5.41) is 0.535. The van der Waals surface area contributed by atoms with E-state index in [1.54, 1.807) is 19.1 Å². The SMILES string of the molecule is COc1ccc(CCN2C(=O)c3oc4cc(C)cc(C)c4c(=O)c3C2c2ccc(C(C)C)cc2)cc1OC. The Hall–Kier alpha value is -4.06. The fourth-order valence-corrected chi connectivity index (χ4v) is 5.44. The van der Waals surface area contributed by atoms with E-state index in [1.165, 1.54) is 5.56 Å². The molecule has 0 saturated carbocycles. The van der Waals surface area contributed by atoms with Crippen LogP contribution in [0.4, 0.5) is 0 Å². The van der Waals surface area contributed by atoms with Crippen LogP contribution in [0.1, 0.15) is 69.7 Å². The molecule has 0 spiro atoms. The first kappa shape index (κ1) is 25.6. The Bertz CT molecular complexity index is 1580. The lowest BCUT2D eigenvalue weighted by Gasteiger charge is -2.25. The van der Waals surface area contributed by atoms with Gasteiger partial charge in [0.2, 0.25) is 5.76 Å². The van der Waals surface area contributed by atoms with Crippen LogP contribution >= 0.6 is 0 Å². The highest BCUT2D eigenvalue weighted by Gasteiger charge is 2.42. The highest BCUT2D eigenvalue weighted by Crippen LogP contribution is 2.39. The minimum absolute atomic E-state index is 0.137. The van der Waals surface area contributed by atoms with Crippen molar-refractivity contribution in [3.63, 3.8) is 0 Å². The molecule has 4 aromatic rings. The van der Waals surface area contributed by atoms with E-state index in [0.717, 1.165) is 22.3 Å². The van der Waals surface area contributed by atoms with Crippen LogP contribution in [-0.4, -0.2) is 31.6 Å². The lowest BCUT2D eigenvalue weighted by atomic mass is 9.94. The average Bonchev–Trinajstić information content (AvgIpc) is 3.18. The van der Waals surface area contributed by atoms with Crippen molar-refractivity contribution in [1.29, 1.82) is 0 Å². The second-order valence-corrected chi connectivity index (χ2v) is 10.3. The van der Waals surface area contributed by atoms with Crippen LogP contribution in [0, 0.1) is 13.8 Å². The molecule has 1 unspecified atom stereocenters. The quantitative estimate of drug-likeness (QED) is 0.290. The highest BCUT2D eigenvalue weighted by molar-refractivity contribution is 5.99. The van der Waals surface area contributed by atoms with Gasteiger partial charge in [-0.15, -0.1) is 0 Å². The smallest absolute Gasteiger partial charge is 0.290 e. The normalized spacial score (nSPS) is 14.9. The molecule has 2 heterocycles. The van der Waals surface area contributed by atoms with Crippen molar-refractivity contribution < 1.29 is 18.7 Å². The summed E-state index contributed by atoms with van der Waals surface area (Å²) in [6.45, 7) is 8.56. The predicted octanol–water partition coefficient (Wildman–Crippen LogP) is 6.34. The van der Waals surface area contributed by atoms with E-state index in [0.29, 0.717) is 46.9 Å². The van der Waals surface area contributed by atoms with Crippen LogP contribution < -0.4 is 14.9 Å². The van der Waals surface area contributed by atoms with E-state index in [4.69, 9.17) is 13.9 Å². The van der Waals surface area contributed by atoms with Gasteiger partial charge in [-0.2, -0.15) is 0 Å². The van der Waals surface area contributed by atoms with Crippen LogP contribution in [0.25, 0.3) is 11.0 Å². The summed E-state index contributed by atoms with van der Waals surface area (Å²) in [5.74, 6) is 1.53. The highest BCUT2D eigenvalue weighted by atomic mass is 16.5. The van der Waals surface area contributed by atoms with E-state index < -0.39 is 6.04 Å². The van der Waals surface area contributed by atoms with Gasteiger partial charge in [0.05, 0.1) is 31.2 Å². The van der Waals surface area contributed by atoms with Crippen molar-refractivity contribution >= 4 is 16.9 Å². The van der Waals surface area contributed by atoms with E-state index in [2.05, 4.69) is 26.0 Å². The number of aryl methyl sites for hydroxylation is 2. The summed E-state index contributed by atoms with van der Waals surface area (Å²) in [6, 6.07) is 17.2. The molecule has 38 heavy (non-hydrogen) atoms. The number of hydrogen-bond donors (Lipinski definition) is 0. The van der Waals surface area contributed by atoms with Crippen molar-refractivity contribution in [2.75, 3.05) is 20.8 Å². The molecule has 1 aromatic heterocycles. The minimum atomic E-state index is -0.528. The van der Waals surface area contributed by atoms with Crippen LogP contribution in [0.5, 0.6) is 11.5 Å². The molecule has 1 atom stereocenters.